The van der Waals surface area contributed by atoms with Crippen molar-refractivity contribution in [2.24, 2.45) is 11.8 Å². The summed E-state index contributed by atoms with van der Waals surface area (Å²) >= 11 is 0. The second kappa shape index (κ2) is 7.14. The Morgan fingerprint density at radius 1 is 1.23 bits per heavy atom. The van der Waals surface area contributed by atoms with E-state index in [0.717, 1.165) is 55.2 Å². The number of likely N-dealkylation sites (tertiary alicyclic amines) is 1. The molecule has 2 N–H and O–H groups in total. The third kappa shape index (κ3) is 3.48. The number of hydrogen-bond acceptors (Lipinski definition) is 2. The van der Waals surface area contributed by atoms with Gasteiger partial charge in [0.25, 0.3) is 0 Å². The molecule has 0 radical (unpaired) electrons. The largest absolute Gasteiger partial charge is 0.361 e. The minimum Gasteiger partial charge on any atom is -0.361 e. The SMILES string of the molecule is CC(C(=O)NC(Cc1c[nH]c2ccccc12)C(=O)N1CCCC1)C1CC1. The molecule has 1 aromatic carbocycles. The molecule has 1 aliphatic carbocycles. The zero-order chi connectivity index (χ0) is 18.1. The van der Waals surface area contributed by atoms with Gasteiger partial charge in [-0.2, -0.15) is 0 Å². The van der Waals surface area contributed by atoms with E-state index in [0.29, 0.717) is 12.3 Å². The van der Waals surface area contributed by atoms with Crippen LogP contribution in [0.2, 0.25) is 0 Å². The third-order valence-corrected chi connectivity index (χ3v) is 5.87. The van der Waals surface area contributed by atoms with Gasteiger partial charge in [-0.3, -0.25) is 9.59 Å². The minimum absolute atomic E-state index is 0.00755. The predicted octanol–water partition coefficient (Wildman–Crippen LogP) is 2.86. The van der Waals surface area contributed by atoms with Gasteiger partial charge >= 0.3 is 0 Å². The molecule has 1 aliphatic heterocycles. The zero-order valence-corrected chi connectivity index (χ0v) is 15.3. The monoisotopic (exact) mass is 353 g/mol. The average Bonchev–Trinajstić information content (AvgIpc) is 3.20. The van der Waals surface area contributed by atoms with Gasteiger partial charge < -0.3 is 15.2 Å². The van der Waals surface area contributed by atoms with Gasteiger partial charge in [0.05, 0.1) is 0 Å². The quantitative estimate of drug-likeness (QED) is 0.839. The summed E-state index contributed by atoms with van der Waals surface area (Å²) in [6.45, 7) is 3.59. The Bertz CT molecular complexity index is 802. The predicted molar refractivity (Wildman–Crippen MR) is 102 cm³/mol. The molecule has 138 valence electrons. The number of benzene rings is 1. The molecular weight excluding hydrogens is 326 g/mol. The number of nitrogens with zero attached hydrogens (tertiary/aromatic N) is 1. The molecule has 5 heteroatoms. The first-order valence-corrected chi connectivity index (χ1v) is 9.77. The van der Waals surface area contributed by atoms with Crippen molar-refractivity contribution in [2.45, 2.75) is 45.1 Å². The summed E-state index contributed by atoms with van der Waals surface area (Å²) in [5, 5.41) is 4.20. The van der Waals surface area contributed by atoms with Gasteiger partial charge in [0, 0.05) is 42.5 Å². The van der Waals surface area contributed by atoms with Gasteiger partial charge in [0.15, 0.2) is 0 Å². The molecule has 0 spiro atoms. The van der Waals surface area contributed by atoms with E-state index in [1.165, 1.54) is 0 Å². The van der Waals surface area contributed by atoms with Crippen molar-refractivity contribution in [3.05, 3.63) is 36.0 Å². The van der Waals surface area contributed by atoms with Crippen molar-refractivity contribution in [3.8, 4) is 0 Å². The Kier molecular flexibility index (Phi) is 4.70. The number of carbonyl (C=O) groups is 2. The van der Waals surface area contributed by atoms with Crippen LogP contribution < -0.4 is 5.32 Å². The molecule has 26 heavy (non-hydrogen) atoms. The maximum Gasteiger partial charge on any atom is 0.245 e. The molecule has 4 rings (SSSR count). The molecule has 2 fully saturated rings. The number of amides is 2. The topological polar surface area (TPSA) is 65.2 Å². The van der Waals surface area contributed by atoms with E-state index in [1.807, 2.05) is 36.2 Å². The van der Waals surface area contributed by atoms with Crippen molar-refractivity contribution in [1.82, 2.24) is 15.2 Å². The molecule has 2 aromatic rings. The standard InChI is InChI=1S/C21H27N3O2/c1-14(15-8-9-15)20(25)23-19(21(26)24-10-4-5-11-24)12-16-13-22-18-7-3-2-6-17(16)18/h2-3,6-7,13-15,19,22H,4-5,8-12H2,1H3,(H,23,25). The van der Waals surface area contributed by atoms with Gasteiger partial charge in [0.2, 0.25) is 11.8 Å². The van der Waals surface area contributed by atoms with Crippen molar-refractivity contribution < 1.29 is 9.59 Å². The first-order chi connectivity index (χ1) is 12.6. The van der Waals surface area contributed by atoms with Crippen LogP contribution in [0.15, 0.2) is 30.5 Å². The summed E-state index contributed by atoms with van der Waals surface area (Å²) in [7, 11) is 0. The van der Waals surface area contributed by atoms with Crippen LogP contribution in [0.4, 0.5) is 0 Å². The molecule has 2 atom stereocenters. The molecule has 2 amide bonds. The highest BCUT2D eigenvalue weighted by Crippen LogP contribution is 2.36. The lowest BCUT2D eigenvalue weighted by Gasteiger charge is -2.25. The van der Waals surface area contributed by atoms with Crippen molar-refractivity contribution in [3.63, 3.8) is 0 Å². The van der Waals surface area contributed by atoms with Crippen LogP contribution in [0.25, 0.3) is 10.9 Å². The van der Waals surface area contributed by atoms with E-state index in [4.69, 9.17) is 0 Å². The number of nitrogens with one attached hydrogen (secondary N) is 2. The Hall–Kier alpha value is -2.30. The maximum atomic E-state index is 13.1. The number of rotatable bonds is 6. The molecule has 2 heterocycles. The molecule has 1 aromatic heterocycles. The highest BCUT2D eigenvalue weighted by atomic mass is 16.2. The normalized spacial score (nSPS) is 19.5. The Morgan fingerprint density at radius 3 is 2.69 bits per heavy atom. The zero-order valence-electron chi connectivity index (χ0n) is 15.3. The second-order valence-electron chi connectivity index (χ2n) is 7.78. The number of H-pyrrole nitrogens is 1. The van der Waals surface area contributed by atoms with E-state index < -0.39 is 6.04 Å². The van der Waals surface area contributed by atoms with Crippen molar-refractivity contribution in [1.29, 1.82) is 0 Å². The van der Waals surface area contributed by atoms with Crippen LogP contribution in [0.5, 0.6) is 0 Å². The molecule has 2 unspecified atom stereocenters. The number of hydrogen-bond donors (Lipinski definition) is 2. The molecule has 5 nitrogen and oxygen atoms in total. The number of aromatic nitrogens is 1. The Labute approximate surface area is 154 Å². The second-order valence-corrected chi connectivity index (χ2v) is 7.78. The van der Waals surface area contributed by atoms with E-state index >= 15 is 0 Å². The van der Waals surface area contributed by atoms with Crippen LogP contribution in [0, 0.1) is 11.8 Å². The highest BCUT2D eigenvalue weighted by molar-refractivity contribution is 5.90. The summed E-state index contributed by atoms with van der Waals surface area (Å²) in [6.07, 6.45) is 6.85. The fourth-order valence-corrected chi connectivity index (χ4v) is 3.99. The van der Waals surface area contributed by atoms with Crippen LogP contribution in [0.1, 0.15) is 38.2 Å². The molecule has 2 aliphatic rings. The van der Waals surface area contributed by atoms with E-state index in [1.54, 1.807) is 0 Å². The first kappa shape index (κ1) is 17.1. The summed E-state index contributed by atoms with van der Waals surface area (Å²) in [6, 6.07) is 7.61. The van der Waals surface area contributed by atoms with Crippen LogP contribution in [0.3, 0.4) is 0 Å². The number of fused-ring (bicyclic) bond motifs is 1. The van der Waals surface area contributed by atoms with Crippen LogP contribution >= 0.6 is 0 Å². The average molecular weight is 353 g/mol. The molecule has 1 saturated carbocycles. The van der Waals surface area contributed by atoms with Gasteiger partial charge in [0.1, 0.15) is 6.04 Å². The number of aromatic amines is 1. The van der Waals surface area contributed by atoms with Crippen LogP contribution in [-0.2, 0) is 16.0 Å². The van der Waals surface area contributed by atoms with Crippen LogP contribution in [-0.4, -0.2) is 40.8 Å². The summed E-state index contributed by atoms with van der Waals surface area (Å²) in [5.74, 6) is 0.562. The van der Waals surface area contributed by atoms with Gasteiger partial charge in [-0.15, -0.1) is 0 Å². The third-order valence-electron chi connectivity index (χ3n) is 5.87. The van der Waals surface area contributed by atoms with E-state index in [2.05, 4.69) is 16.4 Å². The number of carbonyl (C=O) groups excluding carboxylic acids is 2. The molecular formula is C21H27N3O2. The van der Waals surface area contributed by atoms with E-state index in [9.17, 15) is 9.59 Å². The van der Waals surface area contributed by atoms with Gasteiger partial charge in [-0.25, -0.2) is 0 Å². The Morgan fingerprint density at radius 2 is 1.96 bits per heavy atom. The lowest BCUT2D eigenvalue weighted by atomic mass is 10.0. The van der Waals surface area contributed by atoms with Gasteiger partial charge in [-0.1, -0.05) is 25.1 Å². The molecule has 0 bridgehead atoms. The lowest BCUT2D eigenvalue weighted by molar-refractivity contribution is -0.136. The van der Waals surface area contributed by atoms with Crippen molar-refractivity contribution in [2.75, 3.05) is 13.1 Å². The summed E-state index contributed by atoms with van der Waals surface area (Å²) in [5.41, 5.74) is 2.14. The summed E-state index contributed by atoms with van der Waals surface area (Å²) < 4.78 is 0. The smallest absolute Gasteiger partial charge is 0.245 e. The lowest BCUT2D eigenvalue weighted by Crippen LogP contribution is -2.50. The Balaban J connectivity index is 1.54. The highest BCUT2D eigenvalue weighted by Gasteiger charge is 2.35. The minimum atomic E-state index is -0.485. The fourth-order valence-electron chi connectivity index (χ4n) is 3.99. The number of para-hydroxylation sites is 1. The molecule has 1 saturated heterocycles. The first-order valence-electron chi connectivity index (χ1n) is 9.77. The fraction of sp³-hybridized carbons (Fsp3) is 0.524. The van der Waals surface area contributed by atoms with E-state index in [-0.39, 0.29) is 17.7 Å². The maximum absolute atomic E-state index is 13.1. The van der Waals surface area contributed by atoms with Gasteiger partial charge in [-0.05, 0) is 43.2 Å². The van der Waals surface area contributed by atoms with Crippen molar-refractivity contribution >= 4 is 22.7 Å². The summed E-state index contributed by atoms with van der Waals surface area (Å²) in [4.78, 5) is 30.9.